The lowest BCUT2D eigenvalue weighted by atomic mass is 10.00. The van der Waals surface area contributed by atoms with Crippen molar-refractivity contribution in [3.05, 3.63) is 41.6 Å². The summed E-state index contributed by atoms with van der Waals surface area (Å²) in [5.74, 6) is -0.431. The van der Waals surface area contributed by atoms with Gasteiger partial charge in [0.05, 0.1) is 5.56 Å². The number of hydrogen-bond donors (Lipinski definition) is 0. The third kappa shape index (κ3) is 2.26. The zero-order valence-corrected chi connectivity index (χ0v) is 10.6. The van der Waals surface area contributed by atoms with E-state index in [1.807, 2.05) is 4.90 Å². The van der Waals surface area contributed by atoms with E-state index in [0.717, 1.165) is 25.9 Å². The number of nitrogens with zero attached hydrogens (tertiary/aromatic N) is 1. The third-order valence-electron chi connectivity index (χ3n) is 3.50. The molecule has 0 unspecified atom stereocenters. The molecule has 19 heavy (non-hydrogen) atoms. The number of ether oxygens (including phenoxy) is 1. The van der Waals surface area contributed by atoms with Crippen LogP contribution in [0.1, 0.15) is 29.6 Å². The Morgan fingerprint density at radius 1 is 1.05 bits per heavy atom. The van der Waals surface area contributed by atoms with Gasteiger partial charge >= 0.3 is 5.97 Å². The quantitative estimate of drug-likeness (QED) is 0.335. The molecule has 2 heterocycles. The number of Topliss-reactive ketones (excluding diaryl/α,β-unsaturated/α-hetero) is 1. The van der Waals surface area contributed by atoms with E-state index >= 15 is 0 Å². The highest BCUT2D eigenvalue weighted by atomic mass is 16.5. The topological polar surface area (TPSA) is 46.6 Å². The minimum Gasteiger partial charge on any atom is -0.422 e. The highest BCUT2D eigenvalue weighted by Gasteiger charge is 2.31. The maximum absolute atomic E-state index is 12.3. The minimum absolute atomic E-state index is 0.139. The van der Waals surface area contributed by atoms with Gasteiger partial charge in [-0.05, 0) is 31.4 Å². The number of rotatable bonds is 1. The molecule has 0 aliphatic carbocycles. The van der Waals surface area contributed by atoms with Crippen molar-refractivity contribution in [1.82, 2.24) is 4.90 Å². The molecule has 3 rings (SSSR count). The molecule has 98 valence electrons. The maximum Gasteiger partial charge on any atom is 0.349 e. The van der Waals surface area contributed by atoms with Crippen LogP contribution in [-0.2, 0) is 4.79 Å². The minimum atomic E-state index is -0.547. The normalized spacial score (nSPS) is 21.3. The average molecular weight is 257 g/mol. The molecule has 1 fully saturated rings. The Morgan fingerprint density at radius 2 is 1.79 bits per heavy atom. The highest BCUT2D eigenvalue weighted by Crippen LogP contribution is 2.27. The second-order valence-corrected chi connectivity index (χ2v) is 4.85. The monoisotopic (exact) mass is 257 g/mol. The van der Waals surface area contributed by atoms with Crippen molar-refractivity contribution < 1.29 is 14.3 Å². The lowest BCUT2D eigenvalue weighted by molar-refractivity contribution is -0.130. The molecular formula is C15H15NO3. The summed E-state index contributed by atoms with van der Waals surface area (Å²) in [5, 5.41) is 0. The van der Waals surface area contributed by atoms with Crippen LogP contribution in [0.3, 0.4) is 0 Å². The van der Waals surface area contributed by atoms with Crippen molar-refractivity contribution in [1.29, 1.82) is 0 Å². The lowest BCUT2D eigenvalue weighted by Gasteiger charge is -2.26. The molecule has 0 atom stereocenters. The second kappa shape index (κ2) is 4.88. The number of benzene rings is 1. The number of hydrogen-bond acceptors (Lipinski definition) is 4. The van der Waals surface area contributed by atoms with Crippen molar-refractivity contribution in [3.63, 3.8) is 0 Å². The van der Waals surface area contributed by atoms with E-state index in [-0.39, 0.29) is 11.4 Å². The molecule has 0 spiro atoms. The van der Waals surface area contributed by atoms with Gasteiger partial charge in [-0.25, -0.2) is 4.79 Å². The van der Waals surface area contributed by atoms with Crippen LogP contribution in [0.4, 0.5) is 0 Å². The summed E-state index contributed by atoms with van der Waals surface area (Å²) in [6.07, 6.45) is 5.08. The molecule has 1 aromatic carbocycles. The van der Waals surface area contributed by atoms with Crippen LogP contribution in [0.2, 0.25) is 0 Å². The molecule has 0 amide bonds. The van der Waals surface area contributed by atoms with Crippen molar-refractivity contribution in [2.24, 2.45) is 0 Å². The Labute approximate surface area is 111 Å². The summed E-state index contributed by atoms with van der Waals surface area (Å²) in [6.45, 7) is 1.79. The van der Waals surface area contributed by atoms with Crippen LogP contribution in [0.15, 0.2) is 36.0 Å². The summed E-state index contributed by atoms with van der Waals surface area (Å²) in [6, 6.07) is 6.85. The van der Waals surface area contributed by atoms with Crippen LogP contribution >= 0.6 is 0 Å². The van der Waals surface area contributed by atoms with Gasteiger partial charge in [-0.15, -0.1) is 0 Å². The first-order valence-electron chi connectivity index (χ1n) is 6.57. The van der Waals surface area contributed by atoms with Gasteiger partial charge in [0.2, 0.25) is 5.78 Å². The van der Waals surface area contributed by atoms with Crippen molar-refractivity contribution >= 4 is 11.8 Å². The lowest BCUT2D eigenvalue weighted by Crippen LogP contribution is -2.30. The number of piperidine rings is 1. The van der Waals surface area contributed by atoms with Crippen LogP contribution in [-0.4, -0.2) is 29.7 Å². The van der Waals surface area contributed by atoms with Gasteiger partial charge in [-0.1, -0.05) is 12.1 Å². The highest BCUT2D eigenvalue weighted by molar-refractivity contribution is 6.27. The summed E-state index contributed by atoms with van der Waals surface area (Å²) < 4.78 is 5.20. The largest absolute Gasteiger partial charge is 0.422 e. The Hall–Kier alpha value is -2.10. The van der Waals surface area contributed by atoms with E-state index in [2.05, 4.69) is 0 Å². The number of fused-ring (bicyclic) bond motifs is 1. The Kier molecular flexibility index (Phi) is 3.07. The van der Waals surface area contributed by atoms with Gasteiger partial charge in [0.15, 0.2) is 0 Å². The smallest absolute Gasteiger partial charge is 0.349 e. The summed E-state index contributed by atoms with van der Waals surface area (Å²) in [5.41, 5.74) is 0.603. The first-order valence-corrected chi connectivity index (χ1v) is 6.57. The van der Waals surface area contributed by atoms with Crippen molar-refractivity contribution in [2.45, 2.75) is 19.3 Å². The van der Waals surface area contributed by atoms with E-state index in [1.54, 1.807) is 30.5 Å². The predicted molar refractivity (Wildman–Crippen MR) is 69.9 cm³/mol. The standard InChI is InChI=1S/C15H15NO3/c17-14-11-6-2-3-7-13(11)19-15(18)12(14)10-16-8-4-1-5-9-16/h2-3,6-7,10H,1,4-5,8-9H2/b12-10-. The fraction of sp³-hybridized carbons (Fsp3) is 0.333. The Morgan fingerprint density at radius 3 is 2.58 bits per heavy atom. The summed E-state index contributed by atoms with van der Waals surface area (Å²) >= 11 is 0. The first-order chi connectivity index (χ1) is 9.25. The molecule has 1 aromatic rings. The maximum atomic E-state index is 12.3. The number of carbonyl (C=O) groups is 2. The third-order valence-corrected chi connectivity index (χ3v) is 3.50. The fourth-order valence-electron chi connectivity index (χ4n) is 2.48. The SMILES string of the molecule is O=C1Oc2ccccc2C(=O)/C1=C/N1CCCCC1. The summed E-state index contributed by atoms with van der Waals surface area (Å²) in [7, 11) is 0. The van der Waals surface area contributed by atoms with Crippen LogP contribution in [0.25, 0.3) is 0 Å². The molecule has 2 aliphatic rings. The molecule has 4 nitrogen and oxygen atoms in total. The number of likely N-dealkylation sites (tertiary alicyclic amines) is 1. The number of ketones is 1. The molecule has 0 saturated carbocycles. The van der Waals surface area contributed by atoms with E-state index < -0.39 is 5.97 Å². The molecule has 4 heteroatoms. The number of para-hydroxylation sites is 1. The number of carbonyl (C=O) groups excluding carboxylic acids is 2. The second-order valence-electron chi connectivity index (χ2n) is 4.85. The van der Waals surface area contributed by atoms with Gasteiger partial charge < -0.3 is 9.64 Å². The molecule has 0 aromatic heterocycles. The molecule has 1 saturated heterocycles. The number of esters is 1. The van der Waals surface area contributed by atoms with E-state index in [9.17, 15) is 9.59 Å². The van der Waals surface area contributed by atoms with Gasteiger partial charge in [0, 0.05) is 19.3 Å². The van der Waals surface area contributed by atoms with Crippen LogP contribution < -0.4 is 4.74 Å². The van der Waals surface area contributed by atoms with E-state index in [4.69, 9.17) is 4.74 Å². The van der Waals surface area contributed by atoms with Gasteiger partial charge in [-0.2, -0.15) is 0 Å². The van der Waals surface area contributed by atoms with Crippen molar-refractivity contribution in [2.75, 3.05) is 13.1 Å². The first kappa shape index (κ1) is 12.0. The van der Waals surface area contributed by atoms with Crippen LogP contribution in [0.5, 0.6) is 5.75 Å². The van der Waals surface area contributed by atoms with Gasteiger partial charge in [0.25, 0.3) is 0 Å². The molecule has 0 bridgehead atoms. The molecule has 2 aliphatic heterocycles. The Balaban J connectivity index is 1.92. The zero-order chi connectivity index (χ0) is 13.2. The molecule has 0 radical (unpaired) electrons. The Bertz CT molecular complexity index is 556. The summed E-state index contributed by atoms with van der Waals surface area (Å²) in [4.78, 5) is 26.2. The van der Waals surface area contributed by atoms with Crippen LogP contribution in [0, 0.1) is 0 Å². The van der Waals surface area contributed by atoms with Gasteiger partial charge in [-0.3, -0.25) is 4.79 Å². The molecule has 0 N–H and O–H groups in total. The van der Waals surface area contributed by atoms with E-state index in [0.29, 0.717) is 11.3 Å². The fourth-order valence-corrected chi connectivity index (χ4v) is 2.48. The van der Waals surface area contributed by atoms with Crippen molar-refractivity contribution in [3.8, 4) is 5.75 Å². The van der Waals surface area contributed by atoms with Gasteiger partial charge in [0.1, 0.15) is 11.3 Å². The average Bonchev–Trinajstić information content (AvgIpc) is 2.45. The zero-order valence-electron chi connectivity index (χ0n) is 10.6. The van der Waals surface area contributed by atoms with E-state index in [1.165, 1.54) is 6.42 Å². The predicted octanol–water partition coefficient (Wildman–Crippen LogP) is 2.16. The molecular weight excluding hydrogens is 242 g/mol.